The minimum atomic E-state index is -0.683. The number of nitrogens with one attached hydrogen (secondary N) is 4. The van der Waals surface area contributed by atoms with Crippen molar-refractivity contribution < 1.29 is 14.4 Å². The molecule has 7 heteroatoms. The molecule has 0 radical (unpaired) electrons. The summed E-state index contributed by atoms with van der Waals surface area (Å²) in [4.78, 5) is 37.8. The molecule has 3 aromatic rings. The van der Waals surface area contributed by atoms with Gasteiger partial charge in [0.15, 0.2) is 0 Å². The van der Waals surface area contributed by atoms with Gasteiger partial charge in [-0.05, 0) is 48.5 Å². The van der Waals surface area contributed by atoms with Gasteiger partial charge in [-0.3, -0.25) is 14.4 Å². The van der Waals surface area contributed by atoms with E-state index in [-0.39, 0.29) is 50.1 Å². The molecule has 0 spiro atoms. The Hall–Kier alpha value is -3.97. The van der Waals surface area contributed by atoms with Gasteiger partial charge in [0.05, 0.1) is 5.41 Å². The molecule has 7 nitrogen and oxygen atoms in total. The molecule has 1 fully saturated rings. The zero-order valence-electron chi connectivity index (χ0n) is 23.0. The SMILES string of the molecule is O=C(CCNC(=O)CC(c1ccccc1)(c1ccccc1)c1ccccc1)NCCC(=O)NC[C@H]1CCCNC1. The van der Waals surface area contributed by atoms with Gasteiger partial charge < -0.3 is 21.3 Å². The van der Waals surface area contributed by atoms with Crippen molar-refractivity contribution in [1.29, 1.82) is 0 Å². The van der Waals surface area contributed by atoms with Crippen LogP contribution in [-0.2, 0) is 19.8 Å². The van der Waals surface area contributed by atoms with Crippen LogP contribution in [0, 0.1) is 5.92 Å². The van der Waals surface area contributed by atoms with Crippen molar-refractivity contribution in [1.82, 2.24) is 21.3 Å². The number of carbonyl (C=O) groups excluding carboxylic acids is 3. The highest BCUT2D eigenvalue weighted by Crippen LogP contribution is 2.42. The van der Waals surface area contributed by atoms with E-state index >= 15 is 0 Å². The molecule has 0 saturated carbocycles. The van der Waals surface area contributed by atoms with E-state index in [4.69, 9.17) is 0 Å². The van der Waals surface area contributed by atoms with Crippen LogP contribution >= 0.6 is 0 Å². The van der Waals surface area contributed by atoms with Crippen LogP contribution in [0.15, 0.2) is 91.0 Å². The number of amides is 3. The van der Waals surface area contributed by atoms with Gasteiger partial charge in [-0.25, -0.2) is 0 Å². The summed E-state index contributed by atoms with van der Waals surface area (Å²) in [5, 5.41) is 12.0. The summed E-state index contributed by atoms with van der Waals surface area (Å²) < 4.78 is 0. The minimum Gasteiger partial charge on any atom is -0.356 e. The third kappa shape index (κ3) is 8.02. The van der Waals surface area contributed by atoms with Crippen molar-refractivity contribution in [3.63, 3.8) is 0 Å². The van der Waals surface area contributed by atoms with Crippen LogP contribution in [0.4, 0.5) is 0 Å². The van der Waals surface area contributed by atoms with Crippen LogP contribution in [-0.4, -0.2) is 50.4 Å². The molecule has 0 aliphatic carbocycles. The number of carbonyl (C=O) groups is 3. The number of rotatable bonds is 13. The number of hydrogen-bond donors (Lipinski definition) is 4. The first-order valence-electron chi connectivity index (χ1n) is 14.3. The van der Waals surface area contributed by atoms with Gasteiger partial charge in [-0.15, -0.1) is 0 Å². The normalized spacial score (nSPS) is 15.2. The van der Waals surface area contributed by atoms with Gasteiger partial charge in [-0.2, -0.15) is 0 Å². The number of benzene rings is 3. The van der Waals surface area contributed by atoms with Crippen LogP contribution in [0.25, 0.3) is 0 Å². The largest absolute Gasteiger partial charge is 0.356 e. The third-order valence-electron chi connectivity index (χ3n) is 7.56. The molecule has 3 amide bonds. The summed E-state index contributed by atoms with van der Waals surface area (Å²) in [6, 6.07) is 30.2. The number of piperidine rings is 1. The smallest absolute Gasteiger partial charge is 0.221 e. The topological polar surface area (TPSA) is 99.3 Å². The maximum absolute atomic E-state index is 13.4. The van der Waals surface area contributed by atoms with E-state index in [1.807, 2.05) is 54.6 Å². The van der Waals surface area contributed by atoms with Crippen molar-refractivity contribution in [3.8, 4) is 0 Å². The Labute approximate surface area is 237 Å². The van der Waals surface area contributed by atoms with Crippen molar-refractivity contribution >= 4 is 17.7 Å². The Kier molecular flexibility index (Phi) is 10.9. The Balaban J connectivity index is 1.30. The summed E-state index contributed by atoms with van der Waals surface area (Å²) in [7, 11) is 0. The zero-order chi connectivity index (χ0) is 28.0. The monoisotopic (exact) mass is 540 g/mol. The highest BCUT2D eigenvalue weighted by Gasteiger charge is 2.38. The van der Waals surface area contributed by atoms with Crippen LogP contribution in [0.2, 0.25) is 0 Å². The Morgan fingerprint density at radius 1 is 0.675 bits per heavy atom. The maximum Gasteiger partial charge on any atom is 0.221 e. The molecule has 1 heterocycles. The van der Waals surface area contributed by atoms with Crippen molar-refractivity contribution in [2.45, 2.75) is 37.5 Å². The van der Waals surface area contributed by atoms with Crippen LogP contribution < -0.4 is 21.3 Å². The van der Waals surface area contributed by atoms with Crippen LogP contribution in [0.5, 0.6) is 0 Å². The van der Waals surface area contributed by atoms with E-state index in [2.05, 4.69) is 57.7 Å². The molecule has 1 aliphatic rings. The zero-order valence-corrected chi connectivity index (χ0v) is 23.0. The number of hydrogen-bond acceptors (Lipinski definition) is 4. The summed E-state index contributed by atoms with van der Waals surface area (Å²) in [5.74, 6) is 0.0875. The second kappa shape index (κ2) is 15.0. The van der Waals surface area contributed by atoms with Gasteiger partial charge in [-0.1, -0.05) is 91.0 Å². The molecule has 0 aromatic heterocycles. The van der Waals surface area contributed by atoms with Crippen molar-refractivity contribution in [2.24, 2.45) is 5.92 Å². The summed E-state index contributed by atoms with van der Waals surface area (Å²) in [6.45, 7) is 3.15. The van der Waals surface area contributed by atoms with Crippen LogP contribution in [0.3, 0.4) is 0 Å². The molecule has 1 atom stereocenters. The molecular weight excluding hydrogens is 500 g/mol. The lowest BCUT2D eigenvalue weighted by atomic mass is 9.67. The first kappa shape index (κ1) is 29.0. The fraction of sp³-hybridized carbons (Fsp3) is 0.364. The van der Waals surface area contributed by atoms with Gasteiger partial charge in [0.2, 0.25) is 17.7 Å². The van der Waals surface area contributed by atoms with Crippen molar-refractivity contribution in [3.05, 3.63) is 108 Å². The molecule has 4 rings (SSSR count). The van der Waals surface area contributed by atoms with E-state index < -0.39 is 5.41 Å². The maximum atomic E-state index is 13.4. The third-order valence-corrected chi connectivity index (χ3v) is 7.56. The summed E-state index contributed by atoms with van der Waals surface area (Å²) in [6.07, 6.45) is 2.85. The quantitative estimate of drug-likeness (QED) is 0.249. The second-order valence-corrected chi connectivity index (χ2v) is 10.4. The van der Waals surface area contributed by atoms with Gasteiger partial charge in [0.25, 0.3) is 0 Å². The highest BCUT2D eigenvalue weighted by molar-refractivity contribution is 5.82. The lowest BCUT2D eigenvalue weighted by Crippen LogP contribution is -2.39. The predicted molar refractivity (Wildman–Crippen MR) is 158 cm³/mol. The molecule has 1 aliphatic heterocycles. The molecule has 210 valence electrons. The average Bonchev–Trinajstić information content (AvgIpc) is 3.01. The fourth-order valence-corrected chi connectivity index (χ4v) is 5.44. The molecule has 3 aromatic carbocycles. The first-order chi connectivity index (χ1) is 19.6. The predicted octanol–water partition coefficient (Wildman–Crippen LogP) is 3.54. The molecule has 40 heavy (non-hydrogen) atoms. The van der Waals surface area contributed by atoms with E-state index in [0.717, 1.165) is 42.6 Å². The molecular formula is C33H40N4O3. The first-order valence-corrected chi connectivity index (χ1v) is 14.3. The lowest BCUT2D eigenvalue weighted by molar-refractivity contribution is -0.122. The molecule has 1 saturated heterocycles. The Morgan fingerprint density at radius 3 is 1.62 bits per heavy atom. The van der Waals surface area contributed by atoms with E-state index in [0.29, 0.717) is 12.5 Å². The Morgan fingerprint density at radius 2 is 1.15 bits per heavy atom. The summed E-state index contributed by atoms with van der Waals surface area (Å²) in [5.41, 5.74) is 2.40. The van der Waals surface area contributed by atoms with E-state index in [9.17, 15) is 14.4 Å². The summed E-state index contributed by atoms with van der Waals surface area (Å²) >= 11 is 0. The molecule has 4 N–H and O–H groups in total. The average molecular weight is 541 g/mol. The molecule has 0 unspecified atom stereocenters. The highest BCUT2D eigenvalue weighted by atomic mass is 16.2. The van der Waals surface area contributed by atoms with Gasteiger partial charge >= 0.3 is 0 Å². The van der Waals surface area contributed by atoms with Gasteiger partial charge in [0, 0.05) is 38.9 Å². The van der Waals surface area contributed by atoms with Crippen LogP contribution in [0.1, 0.15) is 48.8 Å². The Bertz CT molecular complexity index is 1120. The van der Waals surface area contributed by atoms with Gasteiger partial charge in [0.1, 0.15) is 0 Å². The fourth-order valence-electron chi connectivity index (χ4n) is 5.44. The van der Waals surface area contributed by atoms with E-state index in [1.165, 1.54) is 0 Å². The lowest BCUT2D eigenvalue weighted by Gasteiger charge is -2.35. The second-order valence-electron chi connectivity index (χ2n) is 10.4. The standard InChI is InChI=1S/C33H40N4O3/c38-30(35-21-19-31(39)37-25-26-11-10-20-34-24-26)18-22-36-32(40)23-33(27-12-4-1-5-13-27,28-14-6-2-7-15-28)29-16-8-3-9-17-29/h1-9,12-17,26,34H,10-11,18-25H2,(H,35,38)(H,36,40)(H,37,39)/t26-/m0/s1. The minimum absolute atomic E-state index is 0.0572. The van der Waals surface area contributed by atoms with E-state index in [1.54, 1.807) is 0 Å². The van der Waals surface area contributed by atoms with Crippen molar-refractivity contribution in [2.75, 3.05) is 32.7 Å². The molecule has 0 bridgehead atoms.